The van der Waals surface area contributed by atoms with Crippen LogP contribution in [-0.2, 0) is 6.54 Å². The van der Waals surface area contributed by atoms with Crippen molar-refractivity contribution in [2.45, 2.75) is 27.3 Å². The van der Waals surface area contributed by atoms with E-state index in [0.717, 1.165) is 11.1 Å². The summed E-state index contributed by atoms with van der Waals surface area (Å²) in [5, 5.41) is 5.74. The fourth-order valence-electron chi connectivity index (χ4n) is 2.72. The van der Waals surface area contributed by atoms with Gasteiger partial charge in [0.05, 0.1) is 5.39 Å². The molecule has 0 unspecified atom stereocenters. The summed E-state index contributed by atoms with van der Waals surface area (Å²) in [4.78, 5) is 25.0. The molecule has 3 aromatic rings. The number of carbonyl (C=O) groups excluding carboxylic acids is 1. The Bertz CT molecular complexity index is 1020. The van der Waals surface area contributed by atoms with E-state index < -0.39 is 5.97 Å². The first-order chi connectivity index (χ1) is 11.9. The van der Waals surface area contributed by atoms with Crippen LogP contribution in [0.4, 0.5) is 0 Å². The minimum Gasteiger partial charge on any atom is -0.422 e. The highest BCUT2D eigenvalue weighted by Gasteiger charge is 2.18. The van der Waals surface area contributed by atoms with Gasteiger partial charge in [-0.25, -0.2) is 9.48 Å². The second kappa shape index (κ2) is 6.69. The number of halogens is 1. The van der Waals surface area contributed by atoms with E-state index in [-0.39, 0.29) is 11.3 Å². The molecule has 0 spiro atoms. The molecule has 0 amide bonds. The summed E-state index contributed by atoms with van der Waals surface area (Å²) in [6.07, 6.45) is 0. The van der Waals surface area contributed by atoms with Gasteiger partial charge in [0.2, 0.25) is 0 Å². The predicted molar refractivity (Wildman–Crippen MR) is 97.6 cm³/mol. The molecule has 0 atom stereocenters. The Morgan fingerprint density at radius 1 is 1.16 bits per heavy atom. The number of esters is 1. The van der Waals surface area contributed by atoms with E-state index in [1.165, 1.54) is 4.68 Å². The van der Waals surface area contributed by atoms with E-state index in [1.807, 2.05) is 13.8 Å². The summed E-state index contributed by atoms with van der Waals surface area (Å²) in [5.41, 5.74) is 1.52. The average Bonchev–Trinajstić information content (AvgIpc) is 2.60. The molecule has 1 heterocycles. The maximum absolute atomic E-state index is 12.7. The molecule has 0 radical (unpaired) electrons. The Balaban J connectivity index is 2.09. The van der Waals surface area contributed by atoms with Crippen molar-refractivity contribution >= 4 is 28.3 Å². The Hall–Kier alpha value is -2.66. The molecule has 0 bridgehead atoms. The summed E-state index contributed by atoms with van der Waals surface area (Å²) in [5.74, 6) is -0.218. The van der Waals surface area contributed by atoms with Gasteiger partial charge in [-0.05, 0) is 50.1 Å². The number of fused-ring (bicyclic) bond motifs is 1. The van der Waals surface area contributed by atoms with Crippen LogP contribution >= 0.6 is 11.6 Å². The van der Waals surface area contributed by atoms with Gasteiger partial charge >= 0.3 is 5.97 Å². The Labute approximate surface area is 149 Å². The largest absolute Gasteiger partial charge is 0.422 e. The van der Waals surface area contributed by atoms with Gasteiger partial charge in [0.15, 0.2) is 5.69 Å². The third kappa shape index (κ3) is 3.15. The monoisotopic (exact) mass is 356 g/mol. The summed E-state index contributed by atoms with van der Waals surface area (Å²) in [6.45, 7) is 5.85. The second-order valence-electron chi connectivity index (χ2n) is 5.78. The molecule has 0 saturated carbocycles. The third-order valence-electron chi connectivity index (χ3n) is 3.98. The zero-order valence-electron chi connectivity index (χ0n) is 14.2. The number of hydrogen-bond donors (Lipinski definition) is 0. The van der Waals surface area contributed by atoms with Gasteiger partial charge in [-0.3, -0.25) is 4.79 Å². The van der Waals surface area contributed by atoms with Crippen molar-refractivity contribution in [3.8, 4) is 5.75 Å². The molecule has 3 rings (SSSR count). The molecule has 2 aromatic carbocycles. The van der Waals surface area contributed by atoms with Gasteiger partial charge in [0.25, 0.3) is 5.56 Å². The van der Waals surface area contributed by atoms with Crippen LogP contribution in [0.25, 0.3) is 10.8 Å². The molecule has 0 fully saturated rings. The maximum atomic E-state index is 12.7. The summed E-state index contributed by atoms with van der Waals surface area (Å²) >= 11 is 6.15. The van der Waals surface area contributed by atoms with Crippen LogP contribution in [0.2, 0.25) is 5.02 Å². The standard InChI is InChI=1S/C19H17ClN2O3/c1-4-22-18(23)15-8-6-5-7-14(15)17(21-22)19(24)25-13-9-11(2)16(20)12(3)10-13/h5-10H,4H2,1-3H3. The molecule has 5 nitrogen and oxygen atoms in total. The van der Waals surface area contributed by atoms with Crippen LogP contribution < -0.4 is 10.3 Å². The minimum atomic E-state index is -0.612. The minimum absolute atomic E-state index is 0.113. The van der Waals surface area contributed by atoms with Gasteiger partial charge in [-0.2, -0.15) is 5.10 Å². The third-order valence-corrected chi connectivity index (χ3v) is 4.58. The Morgan fingerprint density at radius 2 is 1.76 bits per heavy atom. The van der Waals surface area contributed by atoms with Gasteiger partial charge in [-0.15, -0.1) is 0 Å². The molecule has 0 aliphatic heterocycles. The first-order valence-corrected chi connectivity index (χ1v) is 8.29. The molecule has 0 saturated heterocycles. The first kappa shape index (κ1) is 17.2. The maximum Gasteiger partial charge on any atom is 0.364 e. The van der Waals surface area contributed by atoms with E-state index in [0.29, 0.717) is 28.1 Å². The lowest BCUT2D eigenvalue weighted by atomic mass is 10.1. The van der Waals surface area contributed by atoms with Gasteiger partial charge in [0, 0.05) is 17.0 Å². The normalized spacial score (nSPS) is 10.9. The highest BCUT2D eigenvalue weighted by molar-refractivity contribution is 6.32. The number of ether oxygens (including phenoxy) is 1. The highest BCUT2D eigenvalue weighted by atomic mass is 35.5. The van der Waals surface area contributed by atoms with E-state index >= 15 is 0 Å². The second-order valence-corrected chi connectivity index (χ2v) is 6.15. The van der Waals surface area contributed by atoms with Crippen LogP contribution in [0.15, 0.2) is 41.2 Å². The number of hydrogen-bond acceptors (Lipinski definition) is 4. The Morgan fingerprint density at radius 3 is 2.36 bits per heavy atom. The van der Waals surface area contributed by atoms with Crippen LogP contribution in [-0.4, -0.2) is 15.7 Å². The smallest absolute Gasteiger partial charge is 0.364 e. The zero-order chi connectivity index (χ0) is 18.1. The van der Waals surface area contributed by atoms with Crippen molar-refractivity contribution in [3.05, 3.63) is 68.6 Å². The van der Waals surface area contributed by atoms with E-state index in [2.05, 4.69) is 5.10 Å². The van der Waals surface area contributed by atoms with Crippen LogP contribution in [0, 0.1) is 13.8 Å². The molecule has 0 N–H and O–H groups in total. The number of aromatic nitrogens is 2. The molecule has 0 aliphatic carbocycles. The molecular formula is C19H17ClN2O3. The average molecular weight is 357 g/mol. The lowest BCUT2D eigenvalue weighted by Crippen LogP contribution is -2.26. The number of carbonyl (C=O) groups is 1. The molecule has 6 heteroatoms. The van der Waals surface area contributed by atoms with Crippen molar-refractivity contribution in [2.24, 2.45) is 0 Å². The Kier molecular flexibility index (Phi) is 4.59. The number of nitrogens with zero attached hydrogens (tertiary/aromatic N) is 2. The highest BCUT2D eigenvalue weighted by Crippen LogP contribution is 2.26. The fraction of sp³-hybridized carbons (Fsp3) is 0.211. The number of rotatable bonds is 3. The van der Waals surface area contributed by atoms with E-state index in [9.17, 15) is 9.59 Å². The van der Waals surface area contributed by atoms with Gasteiger partial charge in [0.1, 0.15) is 5.75 Å². The molecule has 0 aliphatic rings. The quantitative estimate of drug-likeness (QED) is 0.527. The van der Waals surface area contributed by atoms with Crippen molar-refractivity contribution in [3.63, 3.8) is 0 Å². The SMILES string of the molecule is CCn1nc(C(=O)Oc2cc(C)c(Cl)c(C)c2)c2ccccc2c1=O. The lowest BCUT2D eigenvalue weighted by Gasteiger charge is -2.11. The molecule has 1 aromatic heterocycles. The van der Waals surface area contributed by atoms with Crippen molar-refractivity contribution < 1.29 is 9.53 Å². The number of aryl methyl sites for hydroxylation is 3. The van der Waals surface area contributed by atoms with Gasteiger partial charge in [-0.1, -0.05) is 29.8 Å². The predicted octanol–water partition coefficient (Wildman–Crippen LogP) is 3.91. The first-order valence-electron chi connectivity index (χ1n) is 7.91. The number of benzene rings is 2. The van der Waals surface area contributed by atoms with Crippen molar-refractivity contribution in [1.29, 1.82) is 0 Å². The molecule has 25 heavy (non-hydrogen) atoms. The van der Waals surface area contributed by atoms with E-state index in [1.54, 1.807) is 43.3 Å². The van der Waals surface area contributed by atoms with Crippen molar-refractivity contribution in [2.75, 3.05) is 0 Å². The van der Waals surface area contributed by atoms with E-state index in [4.69, 9.17) is 16.3 Å². The summed E-state index contributed by atoms with van der Waals surface area (Å²) in [7, 11) is 0. The van der Waals surface area contributed by atoms with Crippen LogP contribution in [0.3, 0.4) is 0 Å². The van der Waals surface area contributed by atoms with Gasteiger partial charge < -0.3 is 4.74 Å². The van der Waals surface area contributed by atoms with Crippen LogP contribution in [0.1, 0.15) is 28.5 Å². The zero-order valence-corrected chi connectivity index (χ0v) is 14.9. The molecule has 128 valence electrons. The topological polar surface area (TPSA) is 61.2 Å². The summed E-state index contributed by atoms with van der Waals surface area (Å²) in [6, 6.07) is 10.3. The lowest BCUT2D eigenvalue weighted by molar-refractivity contribution is 0.0728. The van der Waals surface area contributed by atoms with Crippen molar-refractivity contribution in [1.82, 2.24) is 9.78 Å². The summed E-state index contributed by atoms with van der Waals surface area (Å²) < 4.78 is 6.75. The van der Waals surface area contributed by atoms with Crippen LogP contribution in [0.5, 0.6) is 5.75 Å². The molecular weight excluding hydrogens is 340 g/mol. The fourth-order valence-corrected chi connectivity index (χ4v) is 2.83.